The van der Waals surface area contributed by atoms with Gasteiger partial charge in [-0.3, -0.25) is 0 Å². The first-order valence-corrected chi connectivity index (χ1v) is 10.2. The molecule has 2 atom stereocenters. The van der Waals surface area contributed by atoms with E-state index in [-0.39, 0.29) is 12.1 Å². The third-order valence-electron chi connectivity index (χ3n) is 4.81. The quantitative estimate of drug-likeness (QED) is 0.354. The van der Waals surface area contributed by atoms with Crippen LogP contribution in [0.25, 0.3) is 0 Å². The maximum atomic E-state index is 9.96. The van der Waals surface area contributed by atoms with Crippen LogP contribution in [-0.2, 0) is 0 Å². The van der Waals surface area contributed by atoms with Crippen LogP contribution in [0.1, 0.15) is 117 Å². The molecule has 0 fully saturated rings. The molecular weight excluding hydrogens is 270 g/mol. The van der Waals surface area contributed by atoms with Crippen molar-refractivity contribution in [1.82, 2.24) is 0 Å². The van der Waals surface area contributed by atoms with Crippen LogP contribution in [0.15, 0.2) is 0 Å². The summed E-state index contributed by atoms with van der Waals surface area (Å²) in [6.45, 7) is 4.44. The monoisotopic (exact) mass is 314 g/mol. The number of rotatable bonds is 17. The first-order valence-electron chi connectivity index (χ1n) is 10.2. The van der Waals surface area contributed by atoms with Gasteiger partial charge in [0.15, 0.2) is 0 Å². The van der Waals surface area contributed by atoms with Crippen LogP contribution < -0.4 is 5.73 Å². The van der Waals surface area contributed by atoms with Crippen molar-refractivity contribution in [1.29, 1.82) is 0 Å². The zero-order valence-electron chi connectivity index (χ0n) is 15.6. The number of hydrogen-bond donors (Lipinski definition) is 2. The lowest BCUT2D eigenvalue weighted by Crippen LogP contribution is -2.66. The molecule has 2 nitrogen and oxygen atoms in total. The van der Waals surface area contributed by atoms with Gasteiger partial charge in [-0.1, -0.05) is 104 Å². The summed E-state index contributed by atoms with van der Waals surface area (Å²) >= 11 is 0. The molecule has 0 aliphatic heterocycles. The second kappa shape index (κ2) is 17.3. The highest BCUT2D eigenvalue weighted by Gasteiger charge is 2.16. The molecular formula is C20H44NO+. The Bertz CT molecular complexity index is 208. The van der Waals surface area contributed by atoms with Gasteiger partial charge in [0.05, 0.1) is 0 Å². The molecule has 0 aliphatic rings. The van der Waals surface area contributed by atoms with E-state index in [4.69, 9.17) is 0 Å². The predicted octanol–water partition coefficient (Wildman–Crippen LogP) is 5.24. The van der Waals surface area contributed by atoms with E-state index in [0.717, 1.165) is 19.3 Å². The molecule has 0 rings (SSSR count). The number of aliphatic hydroxyl groups is 1. The molecule has 2 heteroatoms. The van der Waals surface area contributed by atoms with Crippen molar-refractivity contribution in [3.8, 4) is 0 Å². The number of hydrogen-bond acceptors (Lipinski definition) is 1. The van der Waals surface area contributed by atoms with E-state index in [1.807, 2.05) is 0 Å². The lowest BCUT2D eigenvalue weighted by atomic mass is 10.00. The molecule has 0 radical (unpaired) electrons. The Labute approximate surface area is 140 Å². The maximum Gasteiger partial charge on any atom is 0.111 e. The molecule has 0 heterocycles. The van der Waals surface area contributed by atoms with Crippen LogP contribution in [0.4, 0.5) is 0 Å². The first-order chi connectivity index (χ1) is 10.7. The van der Waals surface area contributed by atoms with Gasteiger partial charge in [-0.15, -0.1) is 0 Å². The van der Waals surface area contributed by atoms with E-state index in [1.54, 1.807) is 0 Å². The van der Waals surface area contributed by atoms with Gasteiger partial charge < -0.3 is 10.8 Å². The summed E-state index contributed by atoms with van der Waals surface area (Å²) in [6.07, 6.45) is 21.0. The van der Waals surface area contributed by atoms with Crippen molar-refractivity contribution >= 4 is 0 Å². The van der Waals surface area contributed by atoms with Crippen molar-refractivity contribution in [3.05, 3.63) is 0 Å². The van der Waals surface area contributed by atoms with Gasteiger partial charge in [0.25, 0.3) is 0 Å². The summed E-state index contributed by atoms with van der Waals surface area (Å²) in [7, 11) is 0. The number of quaternary nitrogens is 1. The summed E-state index contributed by atoms with van der Waals surface area (Å²) in [4.78, 5) is 0. The Kier molecular flexibility index (Phi) is 17.2. The SMILES string of the molecule is CCCCCCCCCCCCCCC[C@@H](O)[C@@H]([NH3+])CCC. The maximum absolute atomic E-state index is 9.96. The molecule has 0 aromatic heterocycles. The highest BCUT2D eigenvalue weighted by molar-refractivity contribution is 4.65. The van der Waals surface area contributed by atoms with E-state index >= 15 is 0 Å². The Morgan fingerprint density at radius 1 is 0.591 bits per heavy atom. The Balaban J connectivity index is 3.14. The molecule has 0 unspecified atom stereocenters. The van der Waals surface area contributed by atoms with Crippen molar-refractivity contribution < 1.29 is 10.8 Å². The lowest BCUT2D eigenvalue weighted by Gasteiger charge is -2.14. The molecule has 0 spiro atoms. The van der Waals surface area contributed by atoms with Gasteiger partial charge in [-0.25, -0.2) is 0 Å². The van der Waals surface area contributed by atoms with Gasteiger partial charge >= 0.3 is 0 Å². The number of unbranched alkanes of at least 4 members (excludes halogenated alkanes) is 12. The molecule has 0 aromatic rings. The Hall–Kier alpha value is -0.0800. The summed E-state index contributed by atoms with van der Waals surface area (Å²) in [5, 5.41) is 9.96. The van der Waals surface area contributed by atoms with Crippen molar-refractivity contribution in [3.63, 3.8) is 0 Å². The Morgan fingerprint density at radius 3 is 1.41 bits per heavy atom. The molecule has 134 valence electrons. The van der Waals surface area contributed by atoms with E-state index < -0.39 is 0 Å². The third kappa shape index (κ3) is 14.8. The summed E-state index contributed by atoms with van der Waals surface area (Å²) in [5.41, 5.74) is 4.06. The highest BCUT2D eigenvalue weighted by Crippen LogP contribution is 2.14. The van der Waals surface area contributed by atoms with Crippen molar-refractivity contribution in [2.45, 2.75) is 129 Å². The van der Waals surface area contributed by atoms with Crippen LogP contribution in [0.5, 0.6) is 0 Å². The molecule has 0 saturated carbocycles. The van der Waals surface area contributed by atoms with Gasteiger partial charge in [-0.05, 0) is 6.42 Å². The fourth-order valence-corrected chi connectivity index (χ4v) is 3.17. The normalized spacial score (nSPS) is 14.2. The second-order valence-corrected chi connectivity index (χ2v) is 7.15. The molecule has 0 bridgehead atoms. The van der Waals surface area contributed by atoms with E-state index in [0.29, 0.717) is 0 Å². The highest BCUT2D eigenvalue weighted by atomic mass is 16.3. The zero-order chi connectivity index (χ0) is 16.5. The van der Waals surface area contributed by atoms with Gasteiger partial charge in [-0.2, -0.15) is 0 Å². The van der Waals surface area contributed by atoms with Crippen LogP contribution in [-0.4, -0.2) is 17.3 Å². The van der Waals surface area contributed by atoms with Crippen LogP contribution >= 0.6 is 0 Å². The minimum absolute atomic E-state index is 0.173. The topological polar surface area (TPSA) is 47.9 Å². The van der Waals surface area contributed by atoms with Gasteiger partial charge in [0, 0.05) is 6.42 Å². The molecule has 4 N–H and O–H groups in total. The largest absolute Gasteiger partial charge is 0.387 e. The number of aliphatic hydroxyl groups excluding tert-OH is 1. The molecule has 22 heavy (non-hydrogen) atoms. The average molecular weight is 315 g/mol. The van der Waals surface area contributed by atoms with Gasteiger partial charge in [0.2, 0.25) is 0 Å². The van der Waals surface area contributed by atoms with Crippen molar-refractivity contribution in [2.75, 3.05) is 0 Å². The molecule has 0 saturated heterocycles. The minimum Gasteiger partial charge on any atom is -0.387 e. The molecule has 0 aliphatic carbocycles. The summed E-state index contributed by atoms with van der Waals surface area (Å²) in [5.74, 6) is 0. The predicted molar refractivity (Wildman–Crippen MR) is 97.9 cm³/mol. The molecule has 0 amide bonds. The van der Waals surface area contributed by atoms with Crippen molar-refractivity contribution in [2.24, 2.45) is 0 Å². The second-order valence-electron chi connectivity index (χ2n) is 7.15. The van der Waals surface area contributed by atoms with Crippen LogP contribution in [0.3, 0.4) is 0 Å². The fraction of sp³-hybridized carbons (Fsp3) is 1.00. The van der Waals surface area contributed by atoms with Crippen LogP contribution in [0, 0.1) is 0 Å². The van der Waals surface area contributed by atoms with E-state index in [2.05, 4.69) is 19.6 Å². The van der Waals surface area contributed by atoms with Gasteiger partial charge in [0.1, 0.15) is 12.1 Å². The molecule has 0 aromatic carbocycles. The smallest absolute Gasteiger partial charge is 0.111 e. The average Bonchev–Trinajstić information content (AvgIpc) is 2.51. The third-order valence-corrected chi connectivity index (χ3v) is 4.81. The Morgan fingerprint density at radius 2 is 1.00 bits per heavy atom. The summed E-state index contributed by atoms with van der Waals surface area (Å²) < 4.78 is 0. The standard InChI is InChI=1S/C20H43NO/c1-3-5-6-7-8-9-10-11-12-13-14-15-16-18-20(22)19(21)17-4-2/h19-20,22H,3-18,21H2,1-2H3/p+1/t19-,20+/m0/s1. The van der Waals surface area contributed by atoms with E-state index in [9.17, 15) is 5.11 Å². The fourth-order valence-electron chi connectivity index (χ4n) is 3.17. The lowest BCUT2D eigenvalue weighted by molar-refractivity contribution is -0.439. The first kappa shape index (κ1) is 21.9. The summed E-state index contributed by atoms with van der Waals surface area (Å²) in [6, 6.07) is 0.238. The van der Waals surface area contributed by atoms with Crippen LogP contribution in [0.2, 0.25) is 0 Å². The van der Waals surface area contributed by atoms with E-state index in [1.165, 1.54) is 83.5 Å². The zero-order valence-corrected chi connectivity index (χ0v) is 15.6. The minimum atomic E-state index is -0.173.